The highest BCUT2D eigenvalue weighted by Gasteiger charge is 2.34. The van der Waals surface area contributed by atoms with Gasteiger partial charge in [0.05, 0.1) is 16.1 Å². The predicted octanol–water partition coefficient (Wildman–Crippen LogP) is 3.52. The third kappa shape index (κ3) is 3.76. The van der Waals surface area contributed by atoms with Crippen LogP contribution in [0.4, 0.5) is 0 Å². The van der Waals surface area contributed by atoms with E-state index in [2.05, 4.69) is 4.40 Å². The molecule has 8 heteroatoms. The minimum Gasteiger partial charge on any atom is -0.465 e. The lowest BCUT2D eigenvalue weighted by Gasteiger charge is -2.12. The summed E-state index contributed by atoms with van der Waals surface area (Å²) in [5.41, 5.74) is 1.04. The van der Waals surface area contributed by atoms with Crippen molar-refractivity contribution in [1.82, 2.24) is 4.90 Å². The molecule has 0 aliphatic carbocycles. The minimum atomic E-state index is -3.90. The van der Waals surface area contributed by atoms with Gasteiger partial charge in [-0.05, 0) is 54.9 Å². The van der Waals surface area contributed by atoms with Crippen LogP contribution in [-0.2, 0) is 21.2 Å². The lowest BCUT2D eigenvalue weighted by Crippen LogP contribution is -2.29. The maximum Gasteiger partial charge on any atom is 0.284 e. The van der Waals surface area contributed by atoms with E-state index in [1.54, 1.807) is 37.3 Å². The van der Waals surface area contributed by atoms with Crippen LogP contribution < -0.4 is 0 Å². The summed E-state index contributed by atoms with van der Waals surface area (Å²) in [6.45, 7) is 4.09. The van der Waals surface area contributed by atoms with Crippen molar-refractivity contribution in [2.24, 2.45) is 4.40 Å². The Bertz CT molecular complexity index is 959. The lowest BCUT2D eigenvalue weighted by molar-refractivity contribution is -0.122. The van der Waals surface area contributed by atoms with Crippen molar-refractivity contribution in [2.45, 2.75) is 25.2 Å². The molecular weight excluding hydrogens is 372 g/mol. The van der Waals surface area contributed by atoms with Crippen LogP contribution in [0.15, 0.2) is 61.3 Å². The average molecular weight is 390 g/mol. The van der Waals surface area contributed by atoms with Gasteiger partial charge in [-0.2, -0.15) is 8.42 Å². The zero-order valence-electron chi connectivity index (χ0n) is 14.4. The molecule has 1 fully saturated rings. The molecule has 1 aromatic heterocycles. The molecule has 26 heavy (non-hydrogen) atoms. The standard InChI is InChI=1S/C18H18N2O4S2/c1-3-13-7-9-15(10-8-13)26(22,23)19-18-20(4-2)17(21)16(25-18)12-14-6-5-11-24-14/h5-12H,3-4H2,1-2H3/b16-12-,19-18?. The number of thioether (sulfide) groups is 1. The van der Waals surface area contributed by atoms with Crippen molar-refractivity contribution >= 4 is 38.9 Å². The van der Waals surface area contributed by atoms with Gasteiger partial charge in [0.15, 0.2) is 5.17 Å². The van der Waals surface area contributed by atoms with Gasteiger partial charge >= 0.3 is 0 Å². The SMILES string of the molecule is CCc1ccc(S(=O)(=O)N=C2S/C(=C\c3ccco3)C(=O)N2CC)cc1. The second-order valence-corrected chi connectivity index (χ2v) is 8.14. The normalized spacial score (nSPS) is 18.2. The van der Waals surface area contributed by atoms with E-state index >= 15 is 0 Å². The van der Waals surface area contributed by atoms with Gasteiger partial charge in [0.25, 0.3) is 15.9 Å². The molecule has 0 bridgehead atoms. The van der Waals surface area contributed by atoms with Gasteiger partial charge in [0, 0.05) is 12.6 Å². The van der Waals surface area contributed by atoms with Crippen LogP contribution in [-0.4, -0.2) is 30.9 Å². The third-order valence-corrected chi connectivity index (χ3v) is 6.25. The maximum absolute atomic E-state index is 12.6. The number of furan rings is 1. The van der Waals surface area contributed by atoms with E-state index in [4.69, 9.17) is 4.42 Å². The number of rotatable bonds is 5. The summed E-state index contributed by atoms with van der Waals surface area (Å²) in [6, 6.07) is 10.0. The Hall–Kier alpha value is -2.32. The molecule has 136 valence electrons. The summed E-state index contributed by atoms with van der Waals surface area (Å²) < 4.78 is 34.3. The van der Waals surface area contributed by atoms with Gasteiger partial charge in [-0.15, -0.1) is 4.40 Å². The highest BCUT2D eigenvalue weighted by Crippen LogP contribution is 2.33. The van der Waals surface area contributed by atoms with E-state index in [9.17, 15) is 13.2 Å². The summed E-state index contributed by atoms with van der Waals surface area (Å²) in [4.78, 5) is 14.3. The number of carbonyl (C=O) groups excluding carboxylic acids is 1. The van der Waals surface area contributed by atoms with E-state index < -0.39 is 10.0 Å². The Morgan fingerprint density at radius 2 is 1.92 bits per heavy atom. The number of nitrogens with zero attached hydrogens (tertiary/aromatic N) is 2. The lowest BCUT2D eigenvalue weighted by atomic mass is 10.2. The molecule has 0 saturated carbocycles. The molecule has 0 atom stereocenters. The van der Waals surface area contributed by atoms with Crippen molar-refractivity contribution in [2.75, 3.05) is 6.54 Å². The summed E-state index contributed by atoms with van der Waals surface area (Å²) in [7, 11) is -3.90. The number of aryl methyl sites for hydroxylation is 1. The first kappa shape index (κ1) is 18.5. The van der Waals surface area contributed by atoms with Crippen LogP contribution in [0.25, 0.3) is 6.08 Å². The van der Waals surface area contributed by atoms with Gasteiger partial charge in [-0.1, -0.05) is 19.1 Å². The fraction of sp³-hybridized carbons (Fsp3) is 0.222. The molecule has 0 N–H and O–H groups in total. The van der Waals surface area contributed by atoms with Crippen molar-refractivity contribution in [3.05, 3.63) is 58.9 Å². The molecular formula is C18H18N2O4S2. The Kier molecular flexibility index (Phi) is 5.33. The number of hydrogen-bond acceptors (Lipinski definition) is 5. The van der Waals surface area contributed by atoms with Crippen LogP contribution in [0.2, 0.25) is 0 Å². The van der Waals surface area contributed by atoms with E-state index in [1.165, 1.54) is 23.3 Å². The van der Waals surface area contributed by atoms with Crippen LogP contribution in [0.5, 0.6) is 0 Å². The third-order valence-electron chi connectivity index (χ3n) is 3.85. The maximum atomic E-state index is 12.6. The fourth-order valence-electron chi connectivity index (χ4n) is 2.41. The largest absolute Gasteiger partial charge is 0.465 e. The molecule has 2 heterocycles. The average Bonchev–Trinajstić information content (AvgIpc) is 3.23. The number of hydrogen-bond donors (Lipinski definition) is 0. The Labute approximate surface area is 156 Å². The van der Waals surface area contributed by atoms with Crippen LogP contribution in [0.3, 0.4) is 0 Å². The first-order valence-corrected chi connectivity index (χ1v) is 10.4. The molecule has 2 aromatic rings. The summed E-state index contributed by atoms with van der Waals surface area (Å²) in [5, 5.41) is 0.148. The van der Waals surface area contributed by atoms with Crippen LogP contribution >= 0.6 is 11.8 Å². The molecule has 0 spiro atoms. The molecule has 3 rings (SSSR count). The van der Waals surface area contributed by atoms with Gasteiger partial charge in [0.1, 0.15) is 5.76 Å². The van der Waals surface area contributed by atoms with E-state index in [1.807, 2.05) is 6.92 Å². The number of likely N-dealkylation sites (N-methyl/N-ethyl adjacent to an activating group) is 1. The number of benzene rings is 1. The van der Waals surface area contributed by atoms with Crippen LogP contribution in [0, 0.1) is 0 Å². The molecule has 6 nitrogen and oxygen atoms in total. The molecule has 0 radical (unpaired) electrons. The zero-order valence-corrected chi connectivity index (χ0v) is 16.0. The Balaban J connectivity index is 1.94. The summed E-state index contributed by atoms with van der Waals surface area (Å²) in [6.07, 6.45) is 3.91. The second-order valence-electron chi connectivity index (χ2n) is 5.52. The van der Waals surface area contributed by atoms with Crippen molar-refractivity contribution in [3.8, 4) is 0 Å². The van der Waals surface area contributed by atoms with E-state index in [-0.39, 0.29) is 16.0 Å². The monoisotopic (exact) mass is 390 g/mol. The zero-order chi connectivity index (χ0) is 18.7. The van der Waals surface area contributed by atoms with Gasteiger partial charge < -0.3 is 4.42 Å². The summed E-state index contributed by atoms with van der Waals surface area (Å²) >= 11 is 1.03. The van der Waals surface area contributed by atoms with Crippen molar-refractivity contribution in [1.29, 1.82) is 0 Å². The van der Waals surface area contributed by atoms with E-state index in [0.717, 1.165) is 23.7 Å². The number of amides is 1. The van der Waals surface area contributed by atoms with Crippen LogP contribution in [0.1, 0.15) is 25.2 Å². The number of amidine groups is 1. The van der Waals surface area contributed by atoms with Gasteiger partial charge in [-0.25, -0.2) is 0 Å². The second kappa shape index (κ2) is 7.51. The first-order chi connectivity index (χ1) is 12.4. The minimum absolute atomic E-state index is 0.106. The Morgan fingerprint density at radius 1 is 1.19 bits per heavy atom. The molecule has 0 unspecified atom stereocenters. The molecule has 1 aliphatic rings. The van der Waals surface area contributed by atoms with Gasteiger partial charge in [-0.3, -0.25) is 9.69 Å². The van der Waals surface area contributed by atoms with Gasteiger partial charge in [0.2, 0.25) is 0 Å². The molecule has 1 saturated heterocycles. The molecule has 1 aromatic carbocycles. The Morgan fingerprint density at radius 3 is 2.50 bits per heavy atom. The van der Waals surface area contributed by atoms with Crippen molar-refractivity contribution < 1.29 is 17.6 Å². The first-order valence-electron chi connectivity index (χ1n) is 8.13. The quantitative estimate of drug-likeness (QED) is 0.730. The number of sulfonamides is 1. The summed E-state index contributed by atoms with van der Waals surface area (Å²) in [5.74, 6) is 0.236. The van der Waals surface area contributed by atoms with Crippen molar-refractivity contribution in [3.63, 3.8) is 0 Å². The molecule has 1 amide bonds. The fourth-order valence-corrected chi connectivity index (χ4v) is 4.63. The highest BCUT2D eigenvalue weighted by atomic mass is 32.2. The highest BCUT2D eigenvalue weighted by molar-refractivity contribution is 8.19. The smallest absolute Gasteiger partial charge is 0.284 e. The topological polar surface area (TPSA) is 80.0 Å². The predicted molar refractivity (Wildman–Crippen MR) is 102 cm³/mol. The number of carbonyl (C=O) groups is 1. The van der Waals surface area contributed by atoms with E-state index in [0.29, 0.717) is 17.2 Å². The molecule has 1 aliphatic heterocycles.